The van der Waals surface area contributed by atoms with Crippen LogP contribution in [0.25, 0.3) is 11.0 Å². The summed E-state index contributed by atoms with van der Waals surface area (Å²) in [6, 6.07) is 6.83. The quantitative estimate of drug-likeness (QED) is 0.605. The number of fused-ring (bicyclic) bond motifs is 1. The minimum Gasteiger partial charge on any atom is -0.481 e. The predicted octanol–water partition coefficient (Wildman–Crippen LogP) is 0.654. The topological polar surface area (TPSA) is 88.9 Å². The molecule has 0 aliphatic carbocycles. The van der Waals surface area contributed by atoms with Gasteiger partial charge in [0, 0.05) is 6.07 Å². The standard InChI is InChI=1S/C9H7N3O3S/c13-8(14)5-16-9-10-6-3-1-2-4-7(6)12(15)11-9/h1-4H,5H2,(H-,10,11,13,14,15)/p+1. The minimum atomic E-state index is -0.953. The van der Waals surface area contributed by atoms with E-state index in [1.165, 1.54) is 0 Å². The maximum absolute atomic E-state index is 11.5. The number of aliphatic carboxylic acids is 1. The number of H-pyrrole nitrogens is 1. The Bertz CT molecular complexity index is 596. The highest BCUT2D eigenvalue weighted by molar-refractivity contribution is 7.99. The number of carboxylic acids is 1. The molecule has 16 heavy (non-hydrogen) atoms. The molecule has 0 amide bonds. The molecule has 6 nitrogen and oxygen atoms in total. The Morgan fingerprint density at radius 3 is 3.00 bits per heavy atom. The molecule has 0 saturated heterocycles. The second-order valence-electron chi connectivity index (χ2n) is 2.99. The van der Waals surface area contributed by atoms with Crippen LogP contribution < -0.4 is 4.54 Å². The van der Waals surface area contributed by atoms with Crippen molar-refractivity contribution in [1.82, 2.24) is 10.1 Å². The highest BCUT2D eigenvalue weighted by Gasteiger charge is 2.11. The first-order valence-corrected chi connectivity index (χ1v) is 5.41. The highest BCUT2D eigenvalue weighted by Crippen LogP contribution is 2.13. The Balaban J connectivity index is 2.42. The maximum Gasteiger partial charge on any atom is 0.317 e. The first-order chi connectivity index (χ1) is 7.66. The zero-order chi connectivity index (χ0) is 11.5. The number of nitrogens with one attached hydrogen (secondary N) is 1. The van der Waals surface area contributed by atoms with Gasteiger partial charge in [0.15, 0.2) is 4.54 Å². The molecule has 0 radical (unpaired) electrons. The van der Waals surface area contributed by atoms with Crippen molar-refractivity contribution in [3.05, 3.63) is 29.2 Å². The van der Waals surface area contributed by atoms with Gasteiger partial charge in [0.25, 0.3) is 0 Å². The molecule has 0 spiro atoms. The fourth-order valence-corrected chi connectivity index (χ4v) is 1.78. The molecule has 0 aliphatic rings. The van der Waals surface area contributed by atoms with Gasteiger partial charge in [-0.3, -0.25) is 4.79 Å². The summed E-state index contributed by atoms with van der Waals surface area (Å²) in [6.07, 6.45) is 0. The van der Waals surface area contributed by atoms with Gasteiger partial charge in [0.05, 0.1) is 10.7 Å². The number of aromatic nitrogens is 3. The van der Waals surface area contributed by atoms with Gasteiger partial charge in [-0.1, -0.05) is 29.0 Å². The molecule has 2 rings (SSSR count). The summed E-state index contributed by atoms with van der Waals surface area (Å²) in [4.78, 5) is 26.0. The van der Waals surface area contributed by atoms with Crippen molar-refractivity contribution in [2.45, 2.75) is 5.16 Å². The molecular formula is C9H8N3O3S+. The average molecular weight is 238 g/mol. The lowest BCUT2D eigenvalue weighted by molar-refractivity contribution is -0.541. The molecule has 0 atom stereocenters. The fraction of sp³-hybridized carbons (Fsp3) is 0.111. The van der Waals surface area contributed by atoms with Crippen LogP contribution in [-0.4, -0.2) is 26.9 Å². The first-order valence-electron chi connectivity index (χ1n) is 4.43. The van der Waals surface area contributed by atoms with Crippen LogP contribution in [0, 0.1) is 4.91 Å². The third-order valence-corrected chi connectivity index (χ3v) is 2.70. The summed E-state index contributed by atoms with van der Waals surface area (Å²) >= 11 is 0.970. The van der Waals surface area contributed by atoms with Crippen LogP contribution in [0.3, 0.4) is 0 Å². The Morgan fingerprint density at radius 2 is 2.25 bits per heavy atom. The molecule has 2 aromatic rings. The van der Waals surface area contributed by atoms with Crippen LogP contribution in [0.1, 0.15) is 0 Å². The van der Waals surface area contributed by atoms with Crippen LogP contribution in [0.5, 0.6) is 0 Å². The number of aromatic amines is 1. The van der Waals surface area contributed by atoms with Gasteiger partial charge < -0.3 is 5.11 Å². The molecular weight excluding hydrogens is 230 g/mol. The molecule has 1 aromatic heterocycles. The van der Waals surface area contributed by atoms with E-state index in [4.69, 9.17) is 5.11 Å². The summed E-state index contributed by atoms with van der Waals surface area (Å²) in [5.41, 5.74) is 0.950. The Hall–Kier alpha value is -1.89. The highest BCUT2D eigenvalue weighted by atomic mass is 32.2. The van der Waals surface area contributed by atoms with Crippen LogP contribution >= 0.6 is 11.8 Å². The molecule has 0 unspecified atom stereocenters. The number of hydrogen-bond donors (Lipinski definition) is 2. The van der Waals surface area contributed by atoms with Gasteiger partial charge in [0.2, 0.25) is 5.16 Å². The lowest BCUT2D eigenvalue weighted by Gasteiger charge is -1.94. The lowest BCUT2D eigenvalue weighted by atomic mass is 10.3. The van der Waals surface area contributed by atoms with Gasteiger partial charge in [-0.05, 0) is 6.07 Å². The smallest absolute Gasteiger partial charge is 0.317 e. The zero-order valence-corrected chi connectivity index (χ0v) is 8.90. The largest absolute Gasteiger partial charge is 0.481 e. The van der Waals surface area contributed by atoms with Crippen molar-refractivity contribution < 1.29 is 14.4 Å². The van der Waals surface area contributed by atoms with E-state index in [0.717, 1.165) is 11.8 Å². The van der Waals surface area contributed by atoms with E-state index in [-0.39, 0.29) is 10.9 Å². The third kappa shape index (κ3) is 2.19. The van der Waals surface area contributed by atoms with Gasteiger partial charge in [-0.25, -0.2) is 4.98 Å². The SMILES string of the molecule is O=C(O)CSc1nc2ccccc2[n+](=O)[nH]1. The number of carbonyl (C=O) groups is 1. The molecule has 82 valence electrons. The molecule has 0 aliphatic heterocycles. The summed E-state index contributed by atoms with van der Waals surface area (Å²) in [5, 5.41) is 11.3. The average Bonchev–Trinajstić information content (AvgIpc) is 2.26. The second-order valence-corrected chi connectivity index (χ2v) is 3.96. The van der Waals surface area contributed by atoms with Crippen LogP contribution in [0.4, 0.5) is 0 Å². The summed E-state index contributed by atoms with van der Waals surface area (Å²) in [6.45, 7) is 0. The van der Waals surface area contributed by atoms with E-state index in [2.05, 4.69) is 10.1 Å². The molecule has 1 aromatic carbocycles. The Morgan fingerprint density at radius 1 is 1.50 bits per heavy atom. The summed E-state index contributed by atoms with van der Waals surface area (Å²) in [7, 11) is 0. The predicted molar refractivity (Wildman–Crippen MR) is 57.8 cm³/mol. The normalized spacial score (nSPS) is 10.5. The van der Waals surface area contributed by atoms with E-state index in [1.807, 2.05) is 0 Å². The number of nitrogens with zero attached hydrogens (tertiary/aromatic N) is 2. The Kier molecular flexibility index (Phi) is 2.86. The molecule has 0 fully saturated rings. The Labute approximate surface area is 93.9 Å². The van der Waals surface area contributed by atoms with Crippen molar-refractivity contribution in [3.8, 4) is 0 Å². The van der Waals surface area contributed by atoms with Crippen LogP contribution in [0.2, 0.25) is 0 Å². The molecule has 0 bridgehead atoms. The van der Waals surface area contributed by atoms with E-state index in [0.29, 0.717) is 15.6 Å². The van der Waals surface area contributed by atoms with E-state index < -0.39 is 5.97 Å². The number of thioether (sulfide) groups is 1. The maximum atomic E-state index is 11.5. The molecule has 7 heteroatoms. The van der Waals surface area contributed by atoms with Crippen molar-refractivity contribution in [2.75, 3.05) is 5.75 Å². The number of rotatable bonds is 3. The van der Waals surface area contributed by atoms with E-state index in [1.54, 1.807) is 24.3 Å². The summed E-state index contributed by atoms with van der Waals surface area (Å²) < 4.78 is 0.576. The summed E-state index contributed by atoms with van der Waals surface area (Å²) in [5.74, 6) is -1.09. The molecule has 1 heterocycles. The molecule has 2 N–H and O–H groups in total. The molecule has 0 saturated carbocycles. The van der Waals surface area contributed by atoms with E-state index in [9.17, 15) is 9.70 Å². The van der Waals surface area contributed by atoms with Crippen molar-refractivity contribution in [3.63, 3.8) is 0 Å². The monoisotopic (exact) mass is 238 g/mol. The van der Waals surface area contributed by atoms with Crippen molar-refractivity contribution in [2.24, 2.45) is 0 Å². The van der Waals surface area contributed by atoms with Crippen LogP contribution in [0.15, 0.2) is 29.4 Å². The van der Waals surface area contributed by atoms with Crippen molar-refractivity contribution in [1.29, 1.82) is 0 Å². The van der Waals surface area contributed by atoms with Gasteiger partial charge in [0.1, 0.15) is 5.52 Å². The van der Waals surface area contributed by atoms with Crippen molar-refractivity contribution >= 4 is 28.8 Å². The van der Waals surface area contributed by atoms with Gasteiger partial charge in [-0.2, -0.15) is 0 Å². The number of hydrogen-bond acceptors (Lipinski definition) is 4. The minimum absolute atomic E-state index is 0.137. The number of carboxylic acid groups (broad SMARTS) is 1. The fourth-order valence-electron chi connectivity index (χ4n) is 1.21. The van der Waals surface area contributed by atoms with E-state index >= 15 is 0 Å². The first kappa shape index (κ1) is 10.6. The second kappa shape index (κ2) is 4.31. The van der Waals surface area contributed by atoms with Crippen LogP contribution in [-0.2, 0) is 4.79 Å². The van der Waals surface area contributed by atoms with Gasteiger partial charge in [-0.15, -0.1) is 0 Å². The number of benzene rings is 1. The zero-order valence-electron chi connectivity index (χ0n) is 8.08. The number of para-hydroxylation sites is 2. The lowest BCUT2D eigenvalue weighted by Crippen LogP contribution is -2.22. The van der Waals surface area contributed by atoms with Gasteiger partial charge >= 0.3 is 11.5 Å². The third-order valence-electron chi connectivity index (χ3n) is 1.85.